The summed E-state index contributed by atoms with van der Waals surface area (Å²) in [6.45, 7) is 2.48. The van der Waals surface area contributed by atoms with Crippen molar-refractivity contribution in [2.24, 2.45) is 0 Å². The van der Waals surface area contributed by atoms with Gasteiger partial charge in [-0.1, -0.05) is 0 Å². The van der Waals surface area contributed by atoms with Gasteiger partial charge in [-0.15, -0.1) is 5.10 Å². The summed E-state index contributed by atoms with van der Waals surface area (Å²) >= 11 is 0. The number of anilines is 1. The first-order chi connectivity index (χ1) is 15.1. The van der Waals surface area contributed by atoms with E-state index >= 15 is 0 Å². The van der Waals surface area contributed by atoms with Gasteiger partial charge in [0.15, 0.2) is 17.3 Å². The minimum absolute atomic E-state index is 0.123. The Morgan fingerprint density at radius 3 is 2.81 bits per heavy atom. The van der Waals surface area contributed by atoms with Gasteiger partial charge >= 0.3 is 0 Å². The molecule has 5 rings (SSSR count). The molecule has 1 aromatic heterocycles. The first kappa shape index (κ1) is 19.3. The summed E-state index contributed by atoms with van der Waals surface area (Å²) in [5.41, 5.74) is 3.60. The van der Waals surface area contributed by atoms with Crippen molar-refractivity contribution >= 4 is 11.6 Å². The van der Waals surface area contributed by atoms with Gasteiger partial charge in [-0.25, -0.2) is 0 Å². The highest BCUT2D eigenvalue weighted by Gasteiger charge is 2.37. The molecule has 2 aliphatic heterocycles. The zero-order chi connectivity index (χ0) is 21.5. The van der Waals surface area contributed by atoms with Crippen LogP contribution in [0.25, 0.3) is 5.69 Å². The van der Waals surface area contributed by atoms with E-state index in [0.717, 1.165) is 29.8 Å². The van der Waals surface area contributed by atoms with Crippen molar-refractivity contribution in [3.05, 3.63) is 47.3 Å². The number of nitrogens with zero attached hydrogens (tertiary/aromatic N) is 5. The zero-order valence-electron chi connectivity index (χ0n) is 17.5. The van der Waals surface area contributed by atoms with Crippen molar-refractivity contribution in [3.8, 4) is 22.9 Å². The highest BCUT2D eigenvalue weighted by molar-refractivity contribution is 5.88. The lowest BCUT2D eigenvalue weighted by Crippen LogP contribution is -2.35. The third kappa shape index (κ3) is 3.25. The Morgan fingerprint density at radius 2 is 2.06 bits per heavy atom. The lowest BCUT2D eigenvalue weighted by Gasteiger charge is -2.34. The number of amides is 1. The maximum Gasteiger partial charge on any atom is 0.231 e. The van der Waals surface area contributed by atoms with E-state index in [0.29, 0.717) is 28.8 Å². The van der Waals surface area contributed by atoms with E-state index in [1.54, 1.807) is 11.8 Å². The van der Waals surface area contributed by atoms with E-state index in [1.807, 2.05) is 37.4 Å². The molecule has 2 aromatic carbocycles. The molecule has 1 atom stereocenters. The third-order valence-electron chi connectivity index (χ3n) is 5.57. The Labute approximate surface area is 178 Å². The molecule has 0 unspecified atom stereocenters. The molecule has 0 fully saturated rings. The second-order valence-corrected chi connectivity index (χ2v) is 7.53. The van der Waals surface area contributed by atoms with Crippen LogP contribution in [0.1, 0.15) is 29.9 Å². The van der Waals surface area contributed by atoms with Gasteiger partial charge in [0, 0.05) is 24.7 Å². The van der Waals surface area contributed by atoms with Crippen molar-refractivity contribution in [3.63, 3.8) is 0 Å². The third-order valence-corrected chi connectivity index (χ3v) is 5.57. The molecule has 10 heteroatoms. The number of carbonyl (C=O) groups is 1. The summed E-state index contributed by atoms with van der Waals surface area (Å²) in [6.07, 6.45) is 0.850. The summed E-state index contributed by atoms with van der Waals surface area (Å²) < 4.78 is 18.8. The first-order valence-corrected chi connectivity index (χ1v) is 9.92. The number of benzene rings is 2. The van der Waals surface area contributed by atoms with E-state index < -0.39 is 0 Å². The number of hydrogen-bond acceptors (Lipinski definition) is 8. The molecule has 3 aromatic rings. The Balaban J connectivity index is 1.60. The Bertz CT molecular complexity index is 1140. The lowest BCUT2D eigenvalue weighted by molar-refractivity contribution is -0.114. The fourth-order valence-corrected chi connectivity index (χ4v) is 4.20. The number of rotatable bonds is 4. The van der Waals surface area contributed by atoms with Gasteiger partial charge in [-0.05, 0) is 59.8 Å². The molecule has 1 N–H and O–H groups in total. The quantitative estimate of drug-likeness (QED) is 0.680. The minimum atomic E-state index is -0.238. The molecule has 3 heterocycles. The average Bonchev–Trinajstić information content (AvgIpc) is 3.42. The number of ether oxygens (including phenoxy) is 3. The molecular formula is C21H22N6O4. The summed E-state index contributed by atoms with van der Waals surface area (Å²) in [7, 11) is 3.67. The van der Waals surface area contributed by atoms with Crippen LogP contribution in [-0.2, 0) is 11.2 Å². The van der Waals surface area contributed by atoms with Gasteiger partial charge in [0.2, 0.25) is 18.4 Å². The molecule has 31 heavy (non-hydrogen) atoms. The van der Waals surface area contributed by atoms with Gasteiger partial charge < -0.3 is 19.5 Å². The van der Waals surface area contributed by atoms with Crippen LogP contribution in [0.15, 0.2) is 30.3 Å². The summed E-state index contributed by atoms with van der Waals surface area (Å²) in [5, 5.41) is 15.3. The average molecular weight is 422 g/mol. The van der Waals surface area contributed by atoms with Crippen LogP contribution in [0, 0.1) is 0 Å². The van der Waals surface area contributed by atoms with Crippen LogP contribution >= 0.6 is 0 Å². The maximum atomic E-state index is 11.3. The van der Waals surface area contributed by atoms with Gasteiger partial charge in [0.25, 0.3) is 0 Å². The lowest BCUT2D eigenvalue weighted by atomic mass is 9.90. The minimum Gasteiger partial charge on any atom is -0.492 e. The normalized spacial score (nSPS) is 17.3. The predicted octanol–water partition coefficient (Wildman–Crippen LogP) is 1.94. The van der Waals surface area contributed by atoms with E-state index in [4.69, 9.17) is 14.2 Å². The molecule has 0 aliphatic carbocycles. The monoisotopic (exact) mass is 422 g/mol. The molecule has 0 spiro atoms. The molecule has 10 nitrogen and oxygen atoms in total. The van der Waals surface area contributed by atoms with E-state index in [9.17, 15) is 4.79 Å². The van der Waals surface area contributed by atoms with Crippen LogP contribution in [-0.4, -0.2) is 58.5 Å². The fourth-order valence-electron chi connectivity index (χ4n) is 4.20. The smallest absolute Gasteiger partial charge is 0.231 e. The van der Waals surface area contributed by atoms with Crippen molar-refractivity contribution in [1.29, 1.82) is 0 Å². The van der Waals surface area contributed by atoms with Gasteiger partial charge in [0.05, 0.1) is 12.8 Å². The molecule has 1 amide bonds. The summed E-state index contributed by atoms with van der Waals surface area (Å²) in [4.78, 5) is 13.5. The standard InChI is InChI=1S/C21H22N6O4/c1-12(28)22-14-4-6-15(7-5-14)27-21(23-24-25-27)18-17-13(8-9-26(18)2)10-16-19(20(17)29-3)31-11-30-16/h4-7,10,18H,8-9,11H2,1-3H3,(H,22,28)/t18-/m1/s1. The Hall–Kier alpha value is -3.66. The Kier molecular flexibility index (Phi) is 4.70. The maximum absolute atomic E-state index is 11.3. The zero-order valence-corrected chi connectivity index (χ0v) is 17.5. The van der Waals surface area contributed by atoms with Gasteiger partial charge in [0.1, 0.15) is 6.04 Å². The number of likely N-dealkylation sites (N-methyl/N-ethyl adjacent to an activating group) is 1. The molecule has 0 bridgehead atoms. The van der Waals surface area contributed by atoms with Gasteiger partial charge in [-0.2, -0.15) is 4.68 Å². The molecule has 0 saturated heterocycles. The fraction of sp³-hybridized carbons (Fsp3) is 0.333. The largest absolute Gasteiger partial charge is 0.492 e. The number of methoxy groups -OCH3 is 1. The SMILES string of the molecule is COc1c2c(cc3c1[C@H](c1nnnn1-c1ccc(NC(C)=O)cc1)N(C)CC3)OCO2. The number of carbonyl (C=O) groups excluding carboxylic acids is 1. The van der Waals surface area contributed by atoms with Crippen LogP contribution in [0.3, 0.4) is 0 Å². The second-order valence-electron chi connectivity index (χ2n) is 7.53. The predicted molar refractivity (Wildman–Crippen MR) is 111 cm³/mol. The highest BCUT2D eigenvalue weighted by atomic mass is 16.7. The molecule has 0 radical (unpaired) electrons. The number of aromatic nitrogens is 4. The van der Waals surface area contributed by atoms with Crippen LogP contribution in [0.5, 0.6) is 17.2 Å². The highest BCUT2D eigenvalue weighted by Crippen LogP contribution is 2.50. The topological polar surface area (TPSA) is 104 Å². The molecule has 0 saturated carbocycles. The van der Waals surface area contributed by atoms with Crippen molar-refractivity contribution in [2.75, 3.05) is 32.8 Å². The number of fused-ring (bicyclic) bond motifs is 2. The van der Waals surface area contributed by atoms with Crippen LogP contribution in [0.2, 0.25) is 0 Å². The first-order valence-electron chi connectivity index (χ1n) is 9.92. The van der Waals surface area contributed by atoms with Crippen molar-refractivity contribution in [1.82, 2.24) is 25.1 Å². The van der Waals surface area contributed by atoms with E-state index in [-0.39, 0.29) is 18.7 Å². The Morgan fingerprint density at radius 1 is 1.26 bits per heavy atom. The van der Waals surface area contributed by atoms with Crippen molar-refractivity contribution < 1.29 is 19.0 Å². The molecular weight excluding hydrogens is 400 g/mol. The molecule has 2 aliphatic rings. The van der Waals surface area contributed by atoms with Crippen LogP contribution in [0.4, 0.5) is 5.69 Å². The van der Waals surface area contributed by atoms with Crippen molar-refractivity contribution in [2.45, 2.75) is 19.4 Å². The molecule has 160 valence electrons. The second kappa shape index (κ2) is 7.55. The number of hydrogen-bond donors (Lipinski definition) is 1. The van der Waals surface area contributed by atoms with Gasteiger partial charge in [-0.3, -0.25) is 9.69 Å². The number of nitrogens with one attached hydrogen (secondary N) is 1. The van der Waals surface area contributed by atoms with Crippen LogP contribution < -0.4 is 19.5 Å². The summed E-state index contributed by atoms with van der Waals surface area (Å²) in [5.74, 6) is 2.50. The van der Waals surface area contributed by atoms with E-state index in [1.165, 1.54) is 6.92 Å². The van der Waals surface area contributed by atoms with E-state index in [2.05, 4.69) is 25.7 Å². The summed E-state index contributed by atoms with van der Waals surface area (Å²) in [6, 6.07) is 9.16. The number of tetrazole rings is 1.